The van der Waals surface area contributed by atoms with Crippen molar-refractivity contribution in [3.05, 3.63) is 28.2 Å². The first-order valence-electron chi connectivity index (χ1n) is 6.27. The summed E-state index contributed by atoms with van der Waals surface area (Å²) in [4.78, 5) is 22.5. The van der Waals surface area contributed by atoms with Gasteiger partial charge in [0, 0.05) is 16.6 Å². The molecule has 0 fully saturated rings. The Balaban J connectivity index is 2.58. The van der Waals surface area contributed by atoms with Crippen LogP contribution in [0.5, 0.6) is 5.75 Å². The van der Waals surface area contributed by atoms with Crippen LogP contribution in [0.2, 0.25) is 0 Å². The monoisotopic (exact) mass is 327 g/mol. The molecule has 19 heavy (non-hydrogen) atoms. The predicted octanol–water partition coefficient (Wildman–Crippen LogP) is 2.95. The molecular formula is C14H18BrNO3. The van der Waals surface area contributed by atoms with Crippen molar-refractivity contribution in [1.82, 2.24) is 5.32 Å². The largest absolute Gasteiger partial charge is 0.481 e. The summed E-state index contributed by atoms with van der Waals surface area (Å²) in [6, 6.07) is 5.04. The van der Waals surface area contributed by atoms with Crippen molar-refractivity contribution >= 4 is 28.1 Å². The predicted molar refractivity (Wildman–Crippen MR) is 77.5 cm³/mol. The van der Waals surface area contributed by atoms with Crippen LogP contribution in [0.1, 0.15) is 37.0 Å². The van der Waals surface area contributed by atoms with E-state index in [9.17, 15) is 9.59 Å². The Hall–Kier alpha value is -1.36. The number of rotatable bonds is 7. The van der Waals surface area contributed by atoms with Crippen molar-refractivity contribution in [2.75, 3.05) is 6.54 Å². The molecule has 0 bridgehead atoms. The van der Waals surface area contributed by atoms with Crippen LogP contribution < -0.4 is 10.1 Å². The highest BCUT2D eigenvalue weighted by atomic mass is 79.9. The third-order valence-electron chi connectivity index (χ3n) is 2.61. The number of halogens is 1. The van der Waals surface area contributed by atoms with Gasteiger partial charge in [0.05, 0.1) is 0 Å². The van der Waals surface area contributed by atoms with E-state index in [4.69, 9.17) is 4.74 Å². The van der Waals surface area contributed by atoms with Crippen molar-refractivity contribution in [2.24, 2.45) is 0 Å². The first-order chi connectivity index (χ1) is 9.08. The van der Waals surface area contributed by atoms with Crippen molar-refractivity contribution in [1.29, 1.82) is 0 Å². The molecular weight excluding hydrogens is 310 g/mol. The summed E-state index contributed by atoms with van der Waals surface area (Å²) in [6.07, 6.45) is 2.14. The Morgan fingerprint density at radius 3 is 2.89 bits per heavy atom. The molecule has 1 N–H and O–H groups in total. The fourth-order valence-electron chi connectivity index (χ4n) is 1.48. The zero-order valence-corrected chi connectivity index (χ0v) is 12.7. The number of amides is 1. The second kappa shape index (κ2) is 7.94. The number of carbonyl (C=O) groups excluding carboxylic acids is 2. The van der Waals surface area contributed by atoms with Crippen LogP contribution in [0.3, 0.4) is 0 Å². The lowest BCUT2D eigenvalue weighted by atomic mass is 10.2. The number of ether oxygens (including phenoxy) is 1. The third kappa shape index (κ3) is 5.03. The summed E-state index contributed by atoms with van der Waals surface area (Å²) in [6.45, 7) is 4.40. The van der Waals surface area contributed by atoms with Crippen molar-refractivity contribution in [3.8, 4) is 5.75 Å². The van der Waals surface area contributed by atoms with E-state index in [2.05, 4.69) is 28.2 Å². The highest BCUT2D eigenvalue weighted by Gasteiger charge is 2.14. The number of unbranched alkanes of at least 4 members (excludes halogenated alkanes) is 1. The van der Waals surface area contributed by atoms with Crippen molar-refractivity contribution < 1.29 is 14.3 Å². The molecule has 1 atom stereocenters. The molecule has 1 aromatic carbocycles. The minimum absolute atomic E-state index is 0.149. The highest BCUT2D eigenvalue weighted by Crippen LogP contribution is 2.21. The number of hydrogen-bond acceptors (Lipinski definition) is 3. The van der Waals surface area contributed by atoms with Crippen molar-refractivity contribution in [2.45, 2.75) is 32.8 Å². The molecule has 1 aromatic rings. The van der Waals surface area contributed by atoms with Crippen molar-refractivity contribution in [3.63, 3.8) is 0 Å². The molecule has 1 rings (SSSR count). The second-order valence-corrected chi connectivity index (χ2v) is 5.06. The molecule has 0 saturated heterocycles. The van der Waals surface area contributed by atoms with E-state index in [1.54, 1.807) is 25.1 Å². The van der Waals surface area contributed by atoms with E-state index in [0.29, 0.717) is 22.3 Å². The summed E-state index contributed by atoms with van der Waals surface area (Å²) in [5, 5.41) is 2.80. The maximum absolute atomic E-state index is 11.7. The average Bonchev–Trinajstić information content (AvgIpc) is 2.41. The van der Waals surface area contributed by atoms with Crippen LogP contribution in [0, 0.1) is 0 Å². The van der Waals surface area contributed by atoms with Gasteiger partial charge in [0.1, 0.15) is 5.75 Å². The molecule has 0 spiro atoms. The lowest BCUT2D eigenvalue weighted by molar-refractivity contribution is -0.127. The summed E-state index contributed by atoms with van der Waals surface area (Å²) in [5.74, 6) is 0.354. The molecule has 1 amide bonds. The zero-order chi connectivity index (χ0) is 14.3. The lowest BCUT2D eigenvalue weighted by Crippen LogP contribution is -2.36. The van der Waals surface area contributed by atoms with Gasteiger partial charge in [-0.3, -0.25) is 9.59 Å². The zero-order valence-electron chi connectivity index (χ0n) is 11.1. The van der Waals surface area contributed by atoms with Gasteiger partial charge in [0.25, 0.3) is 5.91 Å². The molecule has 5 heteroatoms. The molecule has 0 radical (unpaired) electrons. The van der Waals surface area contributed by atoms with E-state index in [1.165, 1.54) is 0 Å². The van der Waals surface area contributed by atoms with Gasteiger partial charge in [-0.1, -0.05) is 29.3 Å². The second-order valence-electron chi connectivity index (χ2n) is 4.21. The fourth-order valence-corrected chi connectivity index (χ4v) is 1.82. The number of benzene rings is 1. The van der Waals surface area contributed by atoms with Crippen LogP contribution >= 0.6 is 15.9 Å². The van der Waals surface area contributed by atoms with E-state index < -0.39 is 6.10 Å². The molecule has 4 nitrogen and oxygen atoms in total. The van der Waals surface area contributed by atoms with Gasteiger partial charge in [0.15, 0.2) is 12.4 Å². The van der Waals surface area contributed by atoms with Gasteiger partial charge < -0.3 is 10.1 Å². The summed E-state index contributed by atoms with van der Waals surface area (Å²) in [5.41, 5.74) is 0.496. The van der Waals surface area contributed by atoms with Crippen LogP contribution in [-0.4, -0.2) is 24.8 Å². The molecule has 0 aliphatic carbocycles. The van der Waals surface area contributed by atoms with Gasteiger partial charge in [0.2, 0.25) is 0 Å². The summed E-state index contributed by atoms with van der Waals surface area (Å²) in [7, 11) is 0. The van der Waals surface area contributed by atoms with Gasteiger partial charge >= 0.3 is 0 Å². The minimum atomic E-state index is -0.586. The van der Waals surface area contributed by atoms with Crippen LogP contribution in [0.25, 0.3) is 0 Å². The number of nitrogens with one attached hydrogen (secondary N) is 1. The minimum Gasteiger partial charge on any atom is -0.481 e. The van der Waals surface area contributed by atoms with Crippen LogP contribution in [0.4, 0.5) is 0 Å². The van der Waals surface area contributed by atoms with Gasteiger partial charge in [-0.05, 0) is 31.5 Å². The lowest BCUT2D eigenvalue weighted by Gasteiger charge is -2.15. The Morgan fingerprint density at radius 1 is 1.53 bits per heavy atom. The molecule has 104 valence electrons. The first-order valence-corrected chi connectivity index (χ1v) is 7.07. The quantitative estimate of drug-likeness (QED) is 0.618. The van der Waals surface area contributed by atoms with E-state index >= 15 is 0 Å². The molecule has 0 heterocycles. The number of hydrogen-bond donors (Lipinski definition) is 1. The maximum atomic E-state index is 11.7. The van der Waals surface area contributed by atoms with Gasteiger partial charge in [-0.2, -0.15) is 0 Å². The van der Waals surface area contributed by atoms with E-state index in [-0.39, 0.29) is 5.91 Å². The molecule has 0 aliphatic heterocycles. The Labute approximate surface area is 121 Å². The molecule has 0 aromatic heterocycles. The first kappa shape index (κ1) is 15.7. The Bertz CT molecular complexity index is 448. The third-order valence-corrected chi connectivity index (χ3v) is 3.33. The maximum Gasteiger partial charge on any atom is 0.260 e. The number of aldehydes is 1. The fraction of sp³-hybridized carbons (Fsp3) is 0.429. The van der Waals surface area contributed by atoms with E-state index in [0.717, 1.165) is 19.1 Å². The SMILES string of the molecule is CCCCNC(=O)C(C)Oc1ccc(Br)c(C=O)c1. The molecule has 0 aliphatic rings. The van der Waals surface area contributed by atoms with Gasteiger partial charge in [-0.25, -0.2) is 0 Å². The van der Waals surface area contributed by atoms with E-state index in [1.807, 2.05) is 0 Å². The number of carbonyl (C=O) groups is 2. The summed E-state index contributed by atoms with van der Waals surface area (Å²) < 4.78 is 6.22. The average molecular weight is 328 g/mol. The normalized spacial score (nSPS) is 11.7. The molecule has 0 saturated carbocycles. The standard InChI is InChI=1S/C14H18BrNO3/c1-3-4-7-16-14(18)10(2)19-12-5-6-13(15)11(8-12)9-17/h5-6,8-10H,3-4,7H2,1-2H3,(H,16,18). The Morgan fingerprint density at radius 2 is 2.26 bits per heavy atom. The highest BCUT2D eigenvalue weighted by molar-refractivity contribution is 9.10. The smallest absolute Gasteiger partial charge is 0.260 e. The Kier molecular flexibility index (Phi) is 6.56. The van der Waals surface area contributed by atoms with Crippen LogP contribution in [0.15, 0.2) is 22.7 Å². The van der Waals surface area contributed by atoms with Gasteiger partial charge in [-0.15, -0.1) is 0 Å². The van der Waals surface area contributed by atoms with Crippen LogP contribution in [-0.2, 0) is 4.79 Å². The topological polar surface area (TPSA) is 55.4 Å². The summed E-state index contributed by atoms with van der Waals surface area (Å²) >= 11 is 3.26. The molecule has 1 unspecified atom stereocenters.